The number of hydrogen-bond donors (Lipinski definition) is 1. The summed E-state index contributed by atoms with van der Waals surface area (Å²) in [5.74, 6) is 0.323. The fraction of sp³-hybridized carbons (Fsp3) is 0.235. The van der Waals surface area contributed by atoms with E-state index in [9.17, 15) is 4.79 Å². The molecule has 21 heavy (non-hydrogen) atoms. The highest BCUT2D eigenvalue weighted by Crippen LogP contribution is 2.22. The standard InChI is InChI=1S/C17H17NO3/c1-2-20-17(19)10-16-14-9-11(18)7-8-12(14)13-5-3-4-6-15(13)21-16/h3-9,15H,2,10,18H2,1H3. The fourth-order valence-electron chi connectivity index (χ4n) is 2.61. The van der Waals surface area contributed by atoms with E-state index in [-0.39, 0.29) is 18.5 Å². The van der Waals surface area contributed by atoms with Gasteiger partial charge >= 0.3 is 5.97 Å². The first-order valence-corrected chi connectivity index (χ1v) is 6.99. The first-order chi connectivity index (χ1) is 10.2. The van der Waals surface area contributed by atoms with E-state index in [0.29, 0.717) is 18.1 Å². The summed E-state index contributed by atoms with van der Waals surface area (Å²) < 4.78 is 11.0. The maximum absolute atomic E-state index is 11.8. The van der Waals surface area contributed by atoms with Crippen molar-refractivity contribution in [1.82, 2.24) is 0 Å². The highest BCUT2D eigenvalue weighted by atomic mass is 16.5. The minimum Gasteiger partial charge on any atom is -0.485 e. The average Bonchev–Trinajstić information content (AvgIpc) is 2.47. The number of fused-ring (bicyclic) bond motifs is 2. The minimum atomic E-state index is -0.292. The van der Waals surface area contributed by atoms with Crippen LogP contribution in [0, 0.1) is 0 Å². The number of benzene rings is 1. The largest absolute Gasteiger partial charge is 0.485 e. The third-order valence-corrected chi connectivity index (χ3v) is 3.51. The van der Waals surface area contributed by atoms with Gasteiger partial charge in [-0.25, -0.2) is 0 Å². The number of rotatable bonds is 3. The van der Waals surface area contributed by atoms with Crippen LogP contribution in [0.3, 0.4) is 0 Å². The van der Waals surface area contributed by atoms with Gasteiger partial charge in [-0.2, -0.15) is 0 Å². The molecular weight excluding hydrogens is 266 g/mol. The van der Waals surface area contributed by atoms with Crippen molar-refractivity contribution in [3.05, 3.63) is 52.9 Å². The van der Waals surface area contributed by atoms with E-state index in [1.54, 1.807) is 6.92 Å². The van der Waals surface area contributed by atoms with Gasteiger partial charge in [0.25, 0.3) is 0 Å². The molecule has 0 saturated heterocycles. The summed E-state index contributed by atoms with van der Waals surface area (Å²) in [5, 5.41) is 1.93. The molecule has 4 heteroatoms. The number of carbonyl (C=O) groups is 1. The smallest absolute Gasteiger partial charge is 0.313 e. The van der Waals surface area contributed by atoms with E-state index in [4.69, 9.17) is 15.2 Å². The number of esters is 1. The molecule has 1 unspecified atom stereocenters. The van der Waals surface area contributed by atoms with Crippen LogP contribution in [0.15, 0.2) is 42.5 Å². The Bertz CT molecular complexity index is 759. The van der Waals surface area contributed by atoms with Crippen molar-refractivity contribution >= 4 is 23.0 Å². The van der Waals surface area contributed by atoms with Gasteiger partial charge in [-0.3, -0.25) is 4.79 Å². The predicted octanol–water partition coefficient (Wildman–Crippen LogP) is 1.01. The molecule has 1 atom stereocenters. The second kappa shape index (κ2) is 5.48. The van der Waals surface area contributed by atoms with Gasteiger partial charge in [0.15, 0.2) is 0 Å². The number of anilines is 1. The molecule has 4 nitrogen and oxygen atoms in total. The van der Waals surface area contributed by atoms with Crippen molar-refractivity contribution in [1.29, 1.82) is 0 Å². The zero-order valence-corrected chi connectivity index (χ0v) is 11.8. The summed E-state index contributed by atoms with van der Waals surface area (Å²) in [6, 6.07) is 5.69. The Morgan fingerprint density at radius 2 is 2.19 bits per heavy atom. The zero-order chi connectivity index (χ0) is 14.8. The lowest BCUT2D eigenvalue weighted by Crippen LogP contribution is -2.39. The summed E-state index contributed by atoms with van der Waals surface area (Å²) in [5.41, 5.74) is 7.61. The number of nitrogens with two attached hydrogens (primary N) is 1. The lowest BCUT2D eigenvalue weighted by atomic mass is 9.97. The second-order valence-corrected chi connectivity index (χ2v) is 4.95. The van der Waals surface area contributed by atoms with Crippen LogP contribution in [-0.2, 0) is 14.3 Å². The minimum absolute atomic E-state index is 0.117. The Morgan fingerprint density at radius 3 is 3.00 bits per heavy atom. The van der Waals surface area contributed by atoms with E-state index >= 15 is 0 Å². The summed E-state index contributed by atoms with van der Waals surface area (Å²) in [7, 11) is 0. The van der Waals surface area contributed by atoms with Crippen molar-refractivity contribution in [3.8, 4) is 0 Å². The number of hydrogen-bond acceptors (Lipinski definition) is 4. The molecule has 0 amide bonds. The van der Waals surface area contributed by atoms with Crippen molar-refractivity contribution in [2.75, 3.05) is 12.3 Å². The summed E-state index contributed by atoms with van der Waals surface area (Å²) in [4.78, 5) is 11.8. The first-order valence-electron chi connectivity index (χ1n) is 6.99. The van der Waals surface area contributed by atoms with Gasteiger partial charge < -0.3 is 15.2 Å². The van der Waals surface area contributed by atoms with Gasteiger partial charge in [0.05, 0.1) is 6.61 Å². The van der Waals surface area contributed by atoms with E-state index < -0.39 is 0 Å². The summed E-state index contributed by atoms with van der Waals surface area (Å²) in [6.07, 6.45) is 7.88. The molecule has 2 aliphatic rings. The van der Waals surface area contributed by atoms with Crippen molar-refractivity contribution in [2.45, 2.75) is 19.4 Å². The molecule has 1 heterocycles. The molecule has 0 aromatic heterocycles. The Kier molecular flexibility index (Phi) is 3.52. The molecule has 1 aromatic rings. The predicted molar refractivity (Wildman–Crippen MR) is 81.3 cm³/mol. The van der Waals surface area contributed by atoms with Gasteiger partial charge in [-0.1, -0.05) is 24.3 Å². The molecule has 0 fully saturated rings. The third kappa shape index (κ3) is 2.57. The fourth-order valence-corrected chi connectivity index (χ4v) is 2.61. The molecule has 0 bridgehead atoms. The van der Waals surface area contributed by atoms with E-state index in [1.807, 2.05) is 42.5 Å². The zero-order valence-electron chi connectivity index (χ0n) is 11.8. The monoisotopic (exact) mass is 283 g/mol. The Balaban J connectivity index is 2.17. The molecule has 0 radical (unpaired) electrons. The van der Waals surface area contributed by atoms with Crippen molar-refractivity contribution in [2.24, 2.45) is 0 Å². The average molecular weight is 283 g/mol. The molecule has 0 saturated carbocycles. The van der Waals surface area contributed by atoms with Crippen molar-refractivity contribution < 1.29 is 14.3 Å². The van der Waals surface area contributed by atoms with Gasteiger partial charge in [-0.05, 0) is 30.4 Å². The van der Waals surface area contributed by atoms with E-state index in [0.717, 1.165) is 16.0 Å². The highest BCUT2D eigenvalue weighted by Gasteiger charge is 2.22. The van der Waals surface area contributed by atoms with Crippen molar-refractivity contribution in [3.63, 3.8) is 0 Å². The topological polar surface area (TPSA) is 61.5 Å². The molecule has 1 aromatic carbocycles. The molecule has 2 N–H and O–H groups in total. The Morgan fingerprint density at radius 1 is 1.33 bits per heavy atom. The van der Waals surface area contributed by atoms with Crippen LogP contribution >= 0.6 is 0 Å². The summed E-state index contributed by atoms with van der Waals surface area (Å²) >= 11 is 0. The molecule has 1 aliphatic heterocycles. The van der Waals surface area contributed by atoms with Gasteiger partial charge in [0.1, 0.15) is 18.3 Å². The Labute approximate surface area is 122 Å². The molecule has 0 spiro atoms. The third-order valence-electron chi connectivity index (χ3n) is 3.51. The lowest BCUT2D eigenvalue weighted by Gasteiger charge is -2.25. The number of nitrogen functional groups attached to an aromatic ring is 1. The second-order valence-electron chi connectivity index (χ2n) is 4.95. The molecule has 1 aliphatic carbocycles. The van der Waals surface area contributed by atoms with Gasteiger partial charge in [0, 0.05) is 16.5 Å². The highest BCUT2D eigenvalue weighted by molar-refractivity contribution is 5.80. The Hall–Kier alpha value is -2.49. The van der Waals surface area contributed by atoms with Crippen LogP contribution in [0.5, 0.6) is 0 Å². The van der Waals surface area contributed by atoms with Crippen LogP contribution in [0.4, 0.5) is 5.69 Å². The normalized spacial score (nSPS) is 18.8. The lowest BCUT2D eigenvalue weighted by molar-refractivity contribution is -0.142. The molecule has 3 rings (SSSR count). The van der Waals surface area contributed by atoms with Crippen LogP contribution < -0.4 is 16.2 Å². The number of allylic oxidation sites excluding steroid dienone is 2. The van der Waals surface area contributed by atoms with Crippen LogP contribution in [-0.4, -0.2) is 18.7 Å². The maximum Gasteiger partial charge on any atom is 0.313 e. The van der Waals surface area contributed by atoms with Gasteiger partial charge in [-0.15, -0.1) is 0 Å². The summed E-state index contributed by atoms with van der Waals surface area (Å²) in [6.45, 7) is 2.15. The quantitative estimate of drug-likeness (QED) is 0.664. The maximum atomic E-state index is 11.8. The first kappa shape index (κ1) is 13.5. The van der Waals surface area contributed by atoms with Crippen LogP contribution in [0.25, 0.3) is 11.3 Å². The van der Waals surface area contributed by atoms with E-state index in [1.165, 1.54) is 0 Å². The SMILES string of the molecule is CCOC(=O)CC1=c2cc(N)ccc2=C2C=CC=CC2O1. The van der Waals surface area contributed by atoms with Gasteiger partial charge in [0.2, 0.25) is 0 Å². The number of carbonyl (C=O) groups excluding carboxylic acids is 1. The van der Waals surface area contributed by atoms with Crippen LogP contribution in [0.2, 0.25) is 0 Å². The van der Waals surface area contributed by atoms with E-state index in [2.05, 4.69) is 0 Å². The number of ether oxygens (including phenoxy) is 2. The molecule has 108 valence electrons. The van der Waals surface area contributed by atoms with Crippen LogP contribution in [0.1, 0.15) is 13.3 Å². The molecular formula is C17H17NO3.